The van der Waals surface area contributed by atoms with E-state index in [1.165, 1.54) is 212 Å². The molecule has 11 atom stereocenters. The Morgan fingerprint density at radius 1 is 0.392 bits per heavy atom. The summed E-state index contributed by atoms with van der Waals surface area (Å²) >= 11 is 0. The molecule has 0 saturated carbocycles. The first-order valence-electron chi connectivity index (χ1n) is 31.1. The Bertz CT molecular complexity index is 1230. The molecule has 0 aromatic rings. The second kappa shape index (κ2) is 47.9. The Hall–Kier alpha value is -1.01. The summed E-state index contributed by atoms with van der Waals surface area (Å²) in [5.41, 5.74) is 0. The summed E-state index contributed by atoms with van der Waals surface area (Å²) < 4.78 is 34.5. The average Bonchev–Trinajstić information content (AvgIpc) is 3.40. The fraction of sp³-hybridized carbons (Fsp3) is 0.983. The molecule has 2 aliphatic rings. The molecule has 2 heterocycles. The topological polar surface area (TPSA) is 214 Å². The third-order valence-electron chi connectivity index (χ3n) is 15.4. The van der Waals surface area contributed by atoms with Gasteiger partial charge in [0.25, 0.3) is 0 Å². The first kappa shape index (κ1) is 69.1. The monoisotopic (exact) mass is 1060 g/mol. The van der Waals surface area contributed by atoms with Gasteiger partial charge in [0.2, 0.25) is 0 Å². The Morgan fingerprint density at radius 2 is 0.716 bits per heavy atom. The van der Waals surface area contributed by atoms with Crippen LogP contribution in [0.15, 0.2) is 0 Å². The van der Waals surface area contributed by atoms with E-state index in [9.17, 15) is 40.5 Å². The molecule has 440 valence electrons. The quantitative estimate of drug-likeness (QED) is 0.0223. The van der Waals surface area contributed by atoms with Gasteiger partial charge in [-0.2, -0.15) is 0 Å². The van der Waals surface area contributed by atoms with Gasteiger partial charge in [-0.3, -0.25) is 4.79 Å². The first-order chi connectivity index (χ1) is 36.1. The summed E-state index contributed by atoms with van der Waals surface area (Å²) in [5.74, 6) is -0.366. The molecule has 0 aromatic heterocycles. The van der Waals surface area contributed by atoms with Crippen LogP contribution in [-0.4, -0.2) is 142 Å². The summed E-state index contributed by atoms with van der Waals surface area (Å²) in [7, 11) is 0. The summed E-state index contributed by atoms with van der Waals surface area (Å²) in [6.45, 7) is 3.78. The molecule has 0 spiro atoms. The summed E-state index contributed by atoms with van der Waals surface area (Å²) in [5, 5.41) is 72.4. The molecule has 0 aromatic carbocycles. The number of hydrogen-bond donors (Lipinski definition) is 7. The van der Waals surface area contributed by atoms with Gasteiger partial charge in [-0.05, 0) is 12.8 Å². The zero-order valence-electron chi connectivity index (χ0n) is 47.4. The SMILES string of the molecule is CCCCCCCCCCCCCCCCCCCCCCCCC(=O)OC(COCCCCCCCCCCCCCCCCCCCC)COC1OC(COC2OC(CO)C(O)C(O)C2O)C(O)C(O)C1O. The van der Waals surface area contributed by atoms with Crippen molar-refractivity contribution >= 4 is 5.97 Å². The van der Waals surface area contributed by atoms with Crippen LogP contribution in [0.3, 0.4) is 0 Å². The maximum absolute atomic E-state index is 13.1. The molecule has 14 nitrogen and oxygen atoms in total. The zero-order chi connectivity index (χ0) is 53.7. The first-order valence-corrected chi connectivity index (χ1v) is 31.1. The third kappa shape index (κ3) is 34.1. The lowest BCUT2D eigenvalue weighted by Crippen LogP contribution is -2.61. The highest BCUT2D eigenvalue weighted by Gasteiger charge is 2.47. The second-order valence-electron chi connectivity index (χ2n) is 22.3. The van der Waals surface area contributed by atoms with Gasteiger partial charge in [0.1, 0.15) is 54.9 Å². The van der Waals surface area contributed by atoms with Gasteiger partial charge in [0, 0.05) is 13.0 Å². The molecule has 7 N–H and O–H groups in total. The minimum Gasteiger partial charge on any atom is -0.457 e. The largest absolute Gasteiger partial charge is 0.457 e. The standard InChI is InChI=1S/C60H116O14/c1-3-5-7-9-11-13-15-17-19-21-23-24-25-26-27-29-31-33-35-37-39-41-43-52(62)72-49(46-69-44-42-40-38-36-34-32-30-28-22-20-18-16-14-12-10-8-6-4-2)47-70-59-58(68)56(66)54(64)51(74-59)48-71-60-57(67)55(65)53(63)50(45-61)73-60/h49-51,53-61,63-68H,3-48H2,1-2H3. The van der Waals surface area contributed by atoms with E-state index in [4.69, 9.17) is 28.4 Å². The lowest BCUT2D eigenvalue weighted by Gasteiger charge is -2.42. The number of carbonyl (C=O) groups excluding carboxylic acids is 1. The maximum atomic E-state index is 13.1. The number of hydrogen-bond acceptors (Lipinski definition) is 14. The predicted molar refractivity (Wildman–Crippen MR) is 294 cm³/mol. The lowest BCUT2D eigenvalue weighted by molar-refractivity contribution is -0.332. The number of ether oxygens (including phenoxy) is 6. The van der Waals surface area contributed by atoms with Crippen molar-refractivity contribution in [3.63, 3.8) is 0 Å². The van der Waals surface area contributed by atoms with Crippen LogP contribution in [0.5, 0.6) is 0 Å². The lowest BCUT2D eigenvalue weighted by atomic mass is 9.98. The Morgan fingerprint density at radius 3 is 1.09 bits per heavy atom. The van der Waals surface area contributed by atoms with Crippen LogP contribution in [-0.2, 0) is 33.2 Å². The van der Waals surface area contributed by atoms with Crippen LogP contribution < -0.4 is 0 Å². The van der Waals surface area contributed by atoms with E-state index >= 15 is 0 Å². The molecule has 0 aliphatic carbocycles. The zero-order valence-corrected chi connectivity index (χ0v) is 47.4. The molecule has 2 saturated heterocycles. The van der Waals surface area contributed by atoms with Crippen LogP contribution in [0.4, 0.5) is 0 Å². The Kier molecular flexibility index (Phi) is 44.8. The second-order valence-corrected chi connectivity index (χ2v) is 22.3. The van der Waals surface area contributed by atoms with Gasteiger partial charge >= 0.3 is 5.97 Å². The summed E-state index contributed by atoms with van der Waals surface area (Å²) in [6.07, 6.45) is 35.9. The molecular weight excluding hydrogens is 945 g/mol. The van der Waals surface area contributed by atoms with Crippen molar-refractivity contribution < 1.29 is 69.0 Å². The molecule has 0 radical (unpaired) electrons. The van der Waals surface area contributed by atoms with Crippen molar-refractivity contribution in [3.05, 3.63) is 0 Å². The minimum atomic E-state index is -1.70. The van der Waals surface area contributed by atoms with Crippen LogP contribution in [0.25, 0.3) is 0 Å². The fourth-order valence-electron chi connectivity index (χ4n) is 10.3. The van der Waals surface area contributed by atoms with E-state index in [0.717, 1.165) is 44.9 Å². The van der Waals surface area contributed by atoms with Crippen LogP contribution in [0, 0.1) is 0 Å². The van der Waals surface area contributed by atoms with Gasteiger partial charge in [-0.1, -0.05) is 258 Å². The molecule has 14 heteroatoms. The van der Waals surface area contributed by atoms with Crippen molar-refractivity contribution in [3.8, 4) is 0 Å². The number of aliphatic hydroxyl groups is 7. The summed E-state index contributed by atoms with van der Waals surface area (Å²) in [4.78, 5) is 13.1. The van der Waals surface area contributed by atoms with Gasteiger partial charge < -0.3 is 64.2 Å². The van der Waals surface area contributed by atoms with Crippen molar-refractivity contribution in [2.24, 2.45) is 0 Å². The molecule has 0 amide bonds. The van der Waals surface area contributed by atoms with Crippen LogP contribution in [0.2, 0.25) is 0 Å². The van der Waals surface area contributed by atoms with E-state index < -0.39 is 80.7 Å². The molecule has 2 aliphatic heterocycles. The predicted octanol–water partition coefficient (Wildman–Crippen LogP) is 11.6. The summed E-state index contributed by atoms with van der Waals surface area (Å²) in [6, 6.07) is 0. The molecule has 0 bridgehead atoms. The minimum absolute atomic E-state index is 0.0711. The molecule has 2 rings (SSSR count). The van der Waals surface area contributed by atoms with Crippen molar-refractivity contribution in [1.82, 2.24) is 0 Å². The van der Waals surface area contributed by atoms with Gasteiger partial charge in [-0.15, -0.1) is 0 Å². The number of rotatable bonds is 52. The number of unbranched alkanes of at least 4 members (excludes halogenated alkanes) is 38. The van der Waals surface area contributed by atoms with E-state index in [2.05, 4.69) is 13.8 Å². The average molecular weight is 1060 g/mol. The van der Waals surface area contributed by atoms with Crippen LogP contribution >= 0.6 is 0 Å². The Labute approximate surface area is 451 Å². The van der Waals surface area contributed by atoms with Crippen LogP contribution in [0.1, 0.15) is 277 Å². The van der Waals surface area contributed by atoms with E-state index in [1.807, 2.05) is 0 Å². The molecule has 2 fully saturated rings. The normalized spacial score (nSPS) is 24.7. The highest BCUT2D eigenvalue weighted by molar-refractivity contribution is 5.69. The molecule has 11 unspecified atom stereocenters. The molecule has 74 heavy (non-hydrogen) atoms. The van der Waals surface area contributed by atoms with Crippen molar-refractivity contribution in [2.75, 3.05) is 33.0 Å². The fourth-order valence-corrected chi connectivity index (χ4v) is 10.3. The van der Waals surface area contributed by atoms with E-state index in [-0.39, 0.29) is 25.6 Å². The Balaban J connectivity index is 1.67. The molecular formula is C60H116O14. The van der Waals surface area contributed by atoms with Crippen molar-refractivity contribution in [2.45, 2.75) is 345 Å². The van der Waals surface area contributed by atoms with Gasteiger partial charge in [0.15, 0.2) is 12.6 Å². The highest BCUT2D eigenvalue weighted by atomic mass is 16.7. The van der Waals surface area contributed by atoms with Gasteiger partial charge in [0.05, 0.1) is 26.4 Å². The smallest absolute Gasteiger partial charge is 0.306 e. The maximum Gasteiger partial charge on any atom is 0.306 e. The number of esters is 1. The van der Waals surface area contributed by atoms with Gasteiger partial charge in [-0.25, -0.2) is 0 Å². The third-order valence-corrected chi connectivity index (χ3v) is 15.4. The van der Waals surface area contributed by atoms with E-state index in [1.54, 1.807) is 0 Å². The van der Waals surface area contributed by atoms with E-state index in [0.29, 0.717) is 6.61 Å². The number of carbonyl (C=O) groups is 1. The highest BCUT2D eigenvalue weighted by Crippen LogP contribution is 2.27. The number of aliphatic hydroxyl groups excluding tert-OH is 7. The van der Waals surface area contributed by atoms with Crippen molar-refractivity contribution in [1.29, 1.82) is 0 Å².